The van der Waals surface area contributed by atoms with Crippen LogP contribution in [0.3, 0.4) is 0 Å². The largest absolute Gasteiger partial charge is 0.462 e. The minimum atomic E-state index is -0.810. The first kappa shape index (κ1) is 17.2. The number of primary amides is 1. The lowest BCUT2D eigenvalue weighted by Crippen LogP contribution is -2.30. The Bertz CT molecular complexity index is 729. The zero-order valence-electron chi connectivity index (χ0n) is 12.3. The van der Waals surface area contributed by atoms with Crippen LogP contribution in [0.15, 0.2) is 30.3 Å². The molecule has 0 radical (unpaired) electrons. The molecule has 1 heterocycles. The summed E-state index contributed by atoms with van der Waals surface area (Å²) in [6, 6.07) is 8.20. The molecule has 0 aliphatic heterocycles. The van der Waals surface area contributed by atoms with Gasteiger partial charge < -0.3 is 10.5 Å². The average Bonchev–Trinajstić information content (AvgIpc) is 2.79. The van der Waals surface area contributed by atoms with Gasteiger partial charge in [-0.05, 0) is 6.92 Å². The van der Waals surface area contributed by atoms with Crippen molar-refractivity contribution < 1.29 is 14.3 Å². The summed E-state index contributed by atoms with van der Waals surface area (Å²) in [4.78, 5) is 23.5. The van der Waals surface area contributed by atoms with Gasteiger partial charge in [0.05, 0.1) is 28.9 Å². The van der Waals surface area contributed by atoms with E-state index >= 15 is 0 Å². The number of ether oxygens (including phenoxy) is 1. The number of alkyl halides is 1. The molecule has 0 bridgehead atoms. The Hall–Kier alpha value is -2.18. The number of nitrogens with two attached hydrogens (primary N) is 1. The lowest BCUT2D eigenvalue weighted by molar-refractivity contribution is 0.0525. The summed E-state index contributed by atoms with van der Waals surface area (Å²) in [5.41, 5.74) is 9.15. The first-order valence-corrected chi connectivity index (χ1v) is 7.70. The van der Waals surface area contributed by atoms with Gasteiger partial charge in [-0.2, -0.15) is 0 Å². The fraction of sp³-hybridized carbons (Fsp3) is 0.200. The molecular weight excluding hydrogens is 341 g/mol. The molecule has 2 aromatic rings. The predicted octanol–water partition coefficient (Wildman–Crippen LogP) is 3.35. The van der Waals surface area contributed by atoms with Crippen molar-refractivity contribution in [3.63, 3.8) is 0 Å². The number of aromatic nitrogens is 1. The van der Waals surface area contributed by atoms with Crippen LogP contribution >= 0.6 is 23.2 Å². The van der Waals surface area contributed by atoms with E-state index in [1.54, 1.807) is 31.2 Å². The first-order valence-electron chi connectivity index (χ1n) is 6.79. The Labute approximate surface area is 143 Å². The molecule has 0 saturated carbocycles. The van der Waals surface area contributed by atoms with Crippen molar-refractivity contribution in [2.75, 3.05) is 12.0 Å². The van der Waals surface area contributed by atoms with Gasteiger partial charge in [0, 0.05) is 5.56 Å². The maximum atomic E-state index is 12.2. The van der Waals surface area contributed by atoms with E-state index in [1.807, 2.05) is 6.07 Å². The third kappa shape index (κ3) is 3.43. The van der Waals surface area contributed by atoms with E-state index in [-0.39, 0.29) is 23.1 Å². The van der Waals surface area contributed by atoms with Crippen molar-refractivity contribution in [2.24, 2.45) is 5.73 Å². The lowest BCUT2D eigenvalue weighted by Gasteiger charge is -2.12. The summed E-state index contributed by atoms with van der Waals surface area (Å²) in [6.45, 7) is 1.87. The van der Waals surface area contributed by atoms with Crippen molar-refractivity contribution in [3.05, 3.63) is 46.6 Å². The van der Waals surface area contributed by atoms with Gasteiger partial charge in [-0.25, -0.2) is 15.0 Å². The number of carbonyl (C=O) groups excluding carboxylic acids is 2. The van der Waals surface area contributed by atoms with E-state index in [2.05, 4.69) is 5.43 Å². The van der Waals surface area contributed by atoms with Crippen LogP contribution in [0.1, 0.15) is 23.0 Å². The van der Waals surface area contributed by atoms with E-state index in [0.717, 1.165) is 0 Å². The number of esters is 1. The second kappa shape index (κ2) is 7.39. The summed E-state index contributed by atoms with van der Waals surface area (Å²) in [6.07, 6.45) is 0. The maximum Gasteiger partial charge on any atom is 0.341 e. The van der Waals surface area contributed by atoms with Gasteiger partial charge in [0.2, 0.25) is 0 Å². The van der Waals surface area contributed by atoms with Gasteiger partial charge in [0.15, 0.2) is 0 Å². The molecule has 6 nitrogen and oxygen atoms in total. The Morgan fingerprint density at radius 1 is 1.30 bits per heavy atom. The number of rotatable bonds is 5. The highest BCUT2D eigenvalue weighted by molar-refractivity contribution is 6.36. The van der Waals surface area contributed by atoms with Crippen molar-refractivity contribution in [1.82, 2.24) is 4.68 Å². The molecule has 122 valence electrons. The summed E-state index contributed by atoms with van der Waals surface area (Å²) in [5, 5.41) is 0.138. The molecule has 8 heteroatoms. The average molecular weight is 356 g/mol. The van der Waals surface area contributed by atoms with Gasteiger partial charge >= 0.3 is 12.0 Å². The summed E-state index contributed by atoms with van der Waals surface area (Å²) in [7, 11) is 0. The molecule has 0 saturated heterocycles. The smallest absolute Gasteiger partial charge is 0.341 e. The standard InChI is InChI=1S/C15H15Cl2N3O3/c1-2-23-14(21)11-10(8-16)20(19-15(18)22)13(12(11)17)9-6-4-3-5-7-9/h3-7H,2,8H2,1H3,(H3,18,19,22). The molecule has 2 rings (SSSR count). The maximum absolute atomic E-state index is 12.2. The topological polar surface area (TPSA) is 86.3 Å². The van der Waals surface area contributed by atoms with Crippen LogP contribution < -0.4 is 11.2 Å². The fourth-order valence-corrected chi connectivity index (χ4v) is 2.85. The van der Waals surface area contributed by atoms with Crippen LogP contribution in [0.25, 0.3) is 11.3 Å². The highest BCUT2D eigenvalue weighted by atomic mass is 35.5. The number of hydrogen-bond donors (Lipinski definition) is 2. The molecule has 3 N–H and O–H groups in total. The quantitative estimate of drug-likeness (QED) is 0.636. The van der Waals surface area contributed by atoms with Gasteiger partial charge in [-0.3, -0.25) is 4.68 Å². The number of carbonyl (C=O) groups is 2. The van der Waals surface area contributed by atoms with Gasteiger partial charge in [-0.15, -0.1) is 11.6 Å². The van der Waals surface area contributed by atoms with E-state index in [9.17, 15) is 9.59 Å². The van der Waals surface area contributed by atoms with Gasteiger partial charge in [0.25, 0.3) is 0 Å². The number of nitrogens with one attached hydrogen (secondary N) is 1. The summed E-state index contributed by atoms with van der Waals surface area (Å²) >= 11 is 12.3. The van der Waals surface area contributed by atoms with Crippen molar-refractivity contribution in [1.29, 1.82) is 0 Å². The van der Waals surface area contributed by atoms with Crippen LogP contribution in [-0.4, -0.2) is 23.3 Å². The molecule has 2 amide bonds. The van der Waals surface area contributed by atoms with Crippen LogP contribution in [0.2, 0.25) is 5.02 Å². The molecule has 1 aromatic carbocycles. The number of halogens is 2. The number of amides is 2. The van der Waals surface area contributed by atoms with E-state index in [0.29, 0.717) is 17.0 Å². The fourth-order valence-electron chi connectivity index (χ4n) is 2.21. The van der Waals surface area contributed by atoms with Crippen molar-refractivity contribution in [3.8, 4) is 11.3 Å². The molecular formula is C15H15Cl2N3O3. The second-order valence-electron chi connectivity index (χ2n) is 4.52. The van der Waals surface area contributed by atoms with Crippen LogP contribution in [-0.2, 0) is 10.6 Å². The molecule has 0 spiro atoms. The predicted molar refractivity (Wildman–Crippen MR) is 89.3 cm³/mol. The van der Waals surface area contributed by atoms with Crippen molar-refractivity contribution >= 4 is 35.2 Å². The SMILES string of the molecule is CCOC(=O)c1c(Cl)c(-c2ccccc2)n(NC(N)=O)c1CCl. The first-order chi connectivity index (χ1) is 11.0. The van der Waals surface area contributed by atoms with Crippen LogP contribution in [0.5, 0.6) is 0 Å². The van der Waals surface area contributed by atoms with Crippen LogP contribution in [0.4, 0.5) is 4.79 Å². The minimum Gasteiger partial charge on any atom is -0.462 e. The highest BCUT2D eigenvalue weighted by Crippen LogP contribution is 2.36. The van der Waals surface area contributed by atoms with Crippen LogP contribution in [0, 0.1) is 0 Å². The number of nitrogens with zero attached hydrogens (tertiary/aromatic N) is 1. The highest BCUT2D eigenvalue weighted by Gasteiger charge is 2.28. The third-order valence-electron chi connectivity index (χ3n) is 3.08. The van der Waals surface area contributed by atoms with E-state index in [4.69, 9.17) is 33.7 Å². The lowest BCUT2D eigenvalue weighted by atomic mass is 10.1. The number of benzene rings is 1. The zero-order valence-corrected chi connectivity index (χ0v) is 13.8. The summed E-state index contributed by atoms with van der Waals surface area (Å²) in [5.74, 6) is -0.684. The Morgan fingerprint density at radius 2 is 1.96 bits per heavy atom. The molecule has 0 atom stereocenters. The minimum absolute atomic E-state index is 0.0685. The zero-order chi connectivity index (χ0) is 17.0. The molecule has 1 aromatic heterocycles. The number of hydrogen-bond acceptors (Lipinski definition) is 3. The van der Waals surface area contributed by atoms with Gasteiger partial charge in [-0.1, -0.05) is 41.9 Å². The molecule has 0 aliphatic carbocycles. The number of urea groups is 1. The third-order valence-corrected chi connectivity index (χ3v) is 3.71. The van der Waals surface area contributed by atoms with Gasteiger partial charge in [0.1, 0.15) is 5.56 Å². The Morgan fingerprint density at radius 3 is 2.48 bits per heavy atom. The summed E-state index contributed by atoms with van der Waals surface area (Å²) < 4.78 is 6.34. The monoisotopic (exact) mass is 355 g/mol. The normalized spacial score (nSPS) is 10.4. The Balaban J connectivity index is 2.73. The molecule has 0 unspecified atom stereocenters. The van der Waals surface area contributed by atoms with Crippen molar-refractivity contribution in [2.45, 2.75) is 12.8 Å². The Kier molecular flexibility index (Phi) is 5.52. The molecule has 0 aliphatic rings. The van der Waals surface area contributed by atoms with E-state index in [1.165, 1.54) is 4.68 Å². The molecule has 0 fully saturated rings. The van der Waals surface area contributed by atoms with E-state index < -0.39 is 12.0 Å². The second-order valence-corrected chi connectivity index (χ2v) is 5.16. The molecule has 23 heavy (non-hydrogen) atoms.